The van der Waals surface area contributed by atoms with Crippen LogP contribution in [-0.2, 0) is 6.42 Å². The van der Waals surface area contributed by atoms with E-state index in [0.29, 0.717) is 5.89 Å². The van der Waals surface area contributed by atoms with Crippen molar-refractivity contribution >= 4 is 12.2 Å². The molecule has 3 aromatic rings. The summed E-state index contributed by atoms with van der Waals surface area (Å²) in [6, 6.07) is 8.33. The highest BCUT2D eigenvalue weighted by atomic mass is 32.1. The summed E-state index contributed by atoms with van der Waals surface area (Å²) in [5.41, 5.74) is 4.10. The van der Waals surface area contributed by atoms with Gasteiger partial charge in [-0.05, 0) is 43.3 Å². The lowest BCUT2D eigenvalue weighted by Gasteiger charge is -2.05. The first-order chi connectivity index (χ1) is 9.69. The van der Waals surface area contributed by atoms with Gasteiger partial charge in [-0.15, -0.1) is 5.10 Å². The molecule has 0 amide bonds. The van der Waals surface area contributed by atoms with E-state index in [0.717, 1.165) is 23.4 Å². The van der Waals surface area contributed by atoms with Gasteiger partial charge in [-0.25, -0.2) is 9.78 Å². The number of rotatable bonds is 3. The van der Waals surface area contributed by atoms with E-state index in [4.69, 9.17) is 16.6 Å². The number of aromatic amines is 1. The molecule has 0 radical (unpaired) electrons. The van der Waals surface area contributed by atoms with Crippen LogP contribution in [0.2, 0.25) is 0 Å². The first-order valence-electron chi connectivity index (χ1n) is 6.39. The second-order valence-electron chi connectivity index (χ2n) is 4.49. The van der Waals surface area contributed by atoms with E-state index in [-0.39, 0.29) is 4.84 Å². The van der Waals surface area contributed by atoms with E-state index in [9.17, 15) is 0 Å². The molecule has 1 N–H and O–H groups in total. The quantitative estimate of drug-likeness (QED) is 0.749. The molecule has 0 aliphatic heterocycles. The van der Waals surface area contributed by atoms with Crippen molar-refractivity contribution in [1.29, 1.82) is 0 Å². The van der Waals surface area contributed by atoms with Gasteiger partial charge in [0.2, 0.25) is 5.89 Å². The van der Waals surface area contributed by atoms with Crippen LogP contribution in [0.15, 0.2) is 34.9 Å². The second-order valence-corrected chi connectivity index (χ2v) is 4.86. The first kappa shape index (κ1) is 12.8. The minimum Gasteiger partial charge on any atom is -0.409 e. The van der Waals surface area contributed by atoms with Gasteiger partial charge in [-0.1, -0.05) is 19.1 Å². The largest absolute Gasteiger partial charge is 0.409 e. The molecule has 1 aromatic carbocycles. The lowest BCUT2D eigenvalue weighted by Crippen LogP contribution is -1.99. The summed E-state index contributed by atoms with van der Waals surface area (Å²) in [6.07, 6.45) is 2.76. The summed E-state index contributed by atoms with van der Waals surface area (Å²) < 4.78 is 7.19. The molecule has 0 fully saturated rings. The van der Waals surface area contributed by atoms with Crippen LogP contribution in [0.5, 0.6) is 0 Å². The van der Waals surface area contributed by atoms with Crippen molar-refractivity contribution in [1.82, 2.24) is 20.0 Å². The van der Waals surface area contributed by atoms with Crippen LogP contribution in [0.4, 0.5) is 0 Å². The molecule has 0 atom stereocenters. The SMILES string of the molecule is CCc1ccc(-n2ncc(-c3n[nH]c(=S)o3)c2C)cc1. The summed E-state index contributed by atoms with van der Waals surface area (Å²) in [5, 5.41) is 11.0. The molecule has 0 aliphatic rings. The van der Waals surface area contributed by atoms with Crippen LogP contribution < -0.4 is 0 Å². The van der Waals surface area contributed by atoms with Crippen LogP contribution in [-0.4, -0.2) is 20.0 Å². The molecule has 0 aliphatic carbocycles. The number of nitrogens with one attached hydrogen (secondary N) is 1. The van der Waals surface area contributed by atoms with Crippen molar-refractivity contribution < 1.29 is 4.42 Å². The van der Waals surface area contributed by atoms with E-state index < -0.39 is 0 Å². The zero-order valence-electron chi connectivity index (χ0n) is 11.3. The third-order valence-electron chi connectivity index (χ3n) is 3.27. The molecule has 2 heterocycles. The van der Waals surface area contributed by atoms with E-state index in [1.54, 1.807) is 6.20 Å². The molecule has 0 spiro atoms. The Bertz CT molecular complexity index is 782. The Morgan fingerprint density at radius 2 is 2.05 bits per heavy atom. The average molecular weight is 286 g/mol. The zero-order chi connectivity index (χ0) is 14.1. The number of hydrogen-bond donors (Lipinski definition) is 1. The van der Waals surface area contributed by atoms with E-state index in [1.807, 2.05) is 11.6 Å². The number of aromatic nitrogens is 4. The molecule has 0 unspecified atom stereocenters. The maximum absolute atomic E-state index is 5.33. The summed E-state index contributed by atoms with van der Waals surface area (Å²) >= 11 is 4.89. The summed E-state index contributed by atoms with van der Waals surface area (Å²) in [6.45, 7) is 4.11. The van der Waals surface area contributed by atoms with Crippen molar-refractivity contribution in [2.24, 2.45) is 0 Å². The van der Waals surface area contributed by atoms with Crippen LogP contribution in [0.3, 0.4) is 0 Å². The third kappa shape index (κ3) is 2.18. The molecule has 20 heavy (non-hydrogen) atoms. The third-order valence-corrected chi connectivity index (χ3v) is 3.44. The molecule has 0 saturated carbocycles. The molecular weight excluding hydrogens is 272 g/mol. The smallest absolute Gasteiger partial charge is 0.284 e. The molecule has 2 aromatic heterocycles. The summed E-state index contributed by atoms with van der Waals surface area (Å²) in [5.74, 6) is 0.462. The number of H-pyrrole nitrogens is 1. The normalized spacial score (nSPS) is 10.9. The second kappa shape index (κ2) is 5.05. The highest BCUT2D eigenvalue weighted by Crippen LogP contribution is 2.23. The van der Waals surface area contributed by atoms with Gasteiger partial charge >= 0.3 is 0 Å². The molecular formula is C14H14N4OS. The standard InChI is InChI=1S/C14H14N4OS/c1-3-10-4-6-11(7-5-10)18-9(2)12(8-15-18)13-16-17-14(20)19-13/h4-8H,3H2,1-2H3,(H,17,20). The van der Waals surface area contributed by atoms with Crippen molar-refractivity contribution in [3.8, 4) is 17.1 Å². The topological polar surface area (TPSA) is 59.6 Å². The van der Waals surface area contributed by atoms with Gasteiger partial charge in [-0.2, -0.15) is 5.10 Å². The van der Waals surface area contributed by atoms with Crippen molar-refractivity contribution in [3.05, 3.63) is 46.6 Å². The van der Waals surface area contributed by atoms with Crippen LogP contribution in [0, 0.1) is 11.8 Å². The fourth-order valence-corrected chi connectivity index (χ4v) is 2.22. The van der Waals surface area contributed by atoms with E-state index in [1.165, 1.54) is 5.56 Å². The Labute approximate surface area is 121 Å². The Balaban J connectivity index is 2.03. The molecule has 0 saturated heterocycles. The fourth-order valence-electron chi connectivity index (χ4n) is 2.10. The maximum atomic E-state index is 5.33. The monoisotopic (exact) mass is 286 g/mol. The Morgan fingerprint density at radius 1 is 1.30 bits per heavy atom. The van der Waals surface area contributed by atoms with Gasteiger partial charge in [0.1, 0.15) is 0 Å². The highest BCUT2D eigenvalue weighted by Gasteiger charge is 2.14. The average Bonchev–Trinajstić information content (AvgIpc) is 3.05. The molecule has 6 heteroatoms. The number of nitrogens with zero attached hydrogens (tertiary/aromatic N) is 3. The van der Waals surface area contributed by atoms with Gasteiger partial charge in [0, 0.05) is 0 Å². The number of benzene rings is 1. The van der Waals surface area contributed by atoms with Crippen LogP contribution in [0.25, 0.3) is 17.1 Å². The lowest BCUT2D eigenvalue weighted by molar-refractivity contribution is 0.551. The van der Waals surface area contributed by atoms with Gasteiger partial charge in [0.25, 0.3) is 4.84 Å². The van der Waals surface area contributed by atoms with Gasteiger partial charge in [0.05, 0.1) is 23.1 Å². The molecule has 102 valence electrons. The van der Waals surface area contributed by atoms with Gasteiger partial charge < -0.3 is 4.42 Å². The Morgan fingerprint density at radius 3 is 2.65 bits per heavy atom. The maximum Gasteiger partial charge on any atom is 0.284 e. The number of aryl methyl sites for hydroxylation is 1. The minimum atomic E-state index is 0.263. The summed E-state index contributed by atoms with van der Waals surface area (Å²) in [4.78, 5) is 0.263. The minimum absolute atomic E-state index is 0.263. The number of hydrogen-bond acceptors (Lipinski definition) is 4. The van der Waals surface area contributed by atoms with Gasteiger partial charge in [0.15, 0.2) is 0 Å². The molecule has 3 rings (SSSR count). The lowest BCUT2D eigenvalue weighted by atomic mass is 10.1. The zero-order valence-corrected chi connectivity index (χ0v) is 12.1. The predicted octanol–water partition coefficient (Wildman–Crippen LogP) is 3.46. The van der Waals surface area contributed by atoms with E-state index >= 15 is 0 Å². The predicted molar refractivity (Wildman–Crippen MR) is 78.4 cm³/mol. The van der Waals surface area contributed by atoms with Crippen molar-refractivity contribution in [2.45, 2.75) is 20.3 Å². The first-order valence-corrected chi connectivity index (χ1v) is 6.79. The van der Waals surface area contributed by atoms with Crippen LogP contribution in [0.1, 0.15) is 18.2 Å². The van der Waals surface area contributed by atoms with Gasteiger partial charge in [-0.3, -0.25) is 0 Å². The summed E-state index contributed by atoms with van der Waals surface area (Å²) in [7, 11) is 0. The van der Waals surface area contributed by atoms with Crippen LogP contribution >= 0.6 is 12.2 Å². The van der Waals surface area contributed by atoms with Crippen molar-refractivity contribution in [3.63, 3.8) is 0 Å². The highest BCUT2D eigenvalue weighted by molar-refractivity contribution is 7.71. The fraction of sp³-hybridized carbons (Fsp3) is 0.214. The Kier molecular flexibility index (Phi) is 3.23. The van der Waals surface area contributed by atoms with Crippen molar-refractivity contribution in [2.75, 3.05) is 0 Å². The molecule has 0 bridgehead atoms. The van der Waals surface area contributed by atoms with E-state index in [2.05, 4.69) is 46.5 Å². The molecule has 5 nitrogen and oxygen atoms in total. The Hall–Kier alpha value is -2.21.